The molecule has 2 atom stereocenters. The molecule has 0 bridgehead atoms. The first kappa shape index (κ1) is 8.92. The van der Waals surface area contributed by atoms with Crippen LogP contribution in [-0.2, 0) is 9.53 Å². The van der Waals surface area contributed by atoms with Crippen LogP contribution >= 0.6 is 0 Å². The van der Waals surface area contributed by atoms with E-state index in [1.807, 2.05) is 0 Å². The van der Waals surface area contributed by atoms with E-state index in [-0.39, 0.29) is 13.0 Å². The van der Waals surface area contributed by atoms with Gasteiger partial charge >= 0.3 is 5.97 Å². The van der Waals surface area contributed by atoms with E-state index in [2.05, 4.69) is 10.0 Å². The smallest absolute Gasteiger partial charge is 0.330 e. The molecule has 1 saturated heterocycles. The van der Waals surface area contributed by atoms with Gasteiger partial charge in [0.1, 0.15) is 0 Å². The minimum absolute atomic E-state index is 0.100. The topological polar surface area (TPSA) is 79.2 Å². The number of nitrogens with zero attached hydrogens (tertiary/aromatic N) is 2. The molecule has 68 valence electrons. The van der Waals surface area contributed by atoms with Crippen LogP contribution in [0.3, 0.4) is 0 Å². The zero-order valence-corrected chi connectivity index (χ0v) is 6.64. The summed E-state index contributed by atoms with van der Waals surface area (Å²) in [6.45, 7) is 0.100. The Morgan fingerprint density at radius 3 is 2.92 bits per heavy atom. The number of hydrogen-bond donors (Lipinski definition) is 1. The Hall–Kier alpha value is -1.17. The molecule has 0 aromatic heterocycles. The summed E-state index contributed by atoms with van der Waals surface area (Å²) in [6.07, 6.45) is -0.468. The van der Waals surface area contributed by atoms with Crippen molar-refractivity contribution in [2.24, 2.45) is 5.29 Å². The molecule has 1 fully saturated rings. The average molecular weight is 174 g/mol. The quantitative estimate of drug-likeness (QED) is 0.441. The normalized spacial score (nSPS) is 28.7. The SMILES string of the molecule is COC(=O)[C@@H]1C[C@@H](O)CN1N=O. The highest BCUT2D eigenvalue weighted by Crippen LogP contribution is 2.18. The van der Waals surface area contributed by atoms with E-state index in [1.165, 1.54) is 7.11 Å². The van der Waals surface area contributed by atoms with E-state index in [0.717, 1.165) is 5.01 Å². The maximum absolute atomic E-state index is 11.0. The summed E-state index contributed by atoms with van der Waals surface area (Å²) in [5.74, 6) is -0.536. The molecule has 1 aliphatic heterocycles. The van der Waals surface area contributed by atoms with E-state index >= 15 is 0 Å². The highest BCUT2D eigenvalue weighted by molar-refractivity contribution is 5.76. The van der Waals surface area contributed by atoms with Gasteiger partial charge in [-0.2, -0.15) is 0 Å². The predicted molar refractivity (Wildman–Crippen MR) is 38.9 cm³/mol. The zero-order valence-electron chi connectivity index (χ0n) is 6.64. The first-order chi connectivity index (χ1) is 5.69. The second-order valence-electron chi connectivity index (χ2n) is 2.63. The maximum Gasteiger partial charge on any atom is 0.330 e. The van der Waals surface area contributed by atoms with Gasteiger partial charge in [0.15, 0.2) is 6.04 Å². The molecule has 6 heteroatoms. The van der Waals surface area contributed by atoms with Gasteiger partial charge in [-0.25, -0.2) is 9.80 Å². The van der Waals surface area contributed by atoms with Gasteiger partial charge in [0.2, 0.25) is 0 Å². The minimum atomic E-state index is -0.720. The first-order valence-electron chi connectivity index (χ1n) is 3.55. The number of aliphatic hydroxyl groups excluding tert-OH is 1. The molecule has 12 heavy (non-hydrogen) atoms. The Morgan fingerprint density at radius 1 is 1.75 bits per heavy atom. The molecule has 0 radical (unpaired) electrons. The second-order valence-corrected chi connectivity index (χ2v) is 2.63. The van der Waals surface area contributed by atoms with Crippen molar-refractivity contribution in [3.05, 3.63) is 4.91 Å². The average Bonchev–Trinajstić information content (AvgIpc) is 2.45. The molecule has 0 unspecified atom stereocenters. The van der Waals surface area contributed by atoms with Crippen LogP contribution in [0.1, 0.15) is 6.42 Å². The van der Waals surface area contributed by atoms with E-state index in [0.29, 0.717) is 0 Å². The Kier molecular flexibility index (Phi) is 2.59. The number of esters is 1. The van der Waals surface area contributed by atoms with Gasteiger partial charge in [0.25, 0.3) is 0 Å². The molecule has 1 aliphatic rings. The molecular weight excluding hydrogens is 164 g/mol. The standard InChI is InChI=1S/C6H10N2O4/c1-12-6(10)5-2-4(9)3-8(5)7-11/h4-5,9H,2-3H2,1H3/t4-,5+/m1/s1. The summed E-state index contributed by atoms with van der Waals surface area (Å²) < 4.78 is 4.42. The predicted octanol–water partition coefficient (Wildman–Crippen LogP) is -0.724. The monoisotopic (exact) mass is 174 g/mol. The minimum Gasteiger partial charge on any atom is -0.467 e. The largest absolute Gasteiger partial charge is 0.467 e. The Morgan fingerprint density at radius 2 is 2.42 bits per heavy atom. The van der Waals surface area contributed by atoms with E-state index < -0.39 is 18.1 Å². The molecule has 1 rings (SSSR count). The van der Waals surface area contributed by atoms with Crippen molar-refractivity contribution < 1.29 is 14.6 Å². The lowest BCUT2D eigenvalue weighted by Gasteiger charge is -2.13. The van der Waals surface area contributed by atoms with E-state index in [1.54, 1.807) is 0 Å². The van der Waals surface area contributed by atoms with E-state index in [4.69, 9.17) is 5.11 Å². The lowest BCUT2D eigenvalue weighted by atomic mass is 10.2. The van der Waals surface area contributed by atoms with Gasteiger partial charge in [-0.05, 0) is 0 Å². The fourth-order valence-corrected chi connectivity index (χ4v) is 1.24. The number of nitroso groups, excluding NO2 is 1. The van der Waals surface area contributed by atoms with Crippen LogP contribution in [0.4, 0.5) is 0 Å². The second kappa shape index (κ2) is 3.48. The fraction of sp³-hybridized carbons (Fsp3) is 0.833. The Bertz CT molecular complexity index is 196. The van der Waals surface area contributed by atoms with Crippen molar-refractivity contribution in [2.75, 3.05) is 13.7 Å². The summed E-state index contributed by atoms with van der Waals surface area (Å²) >= 11 is 0. The van der Waals surface area contributed by atoms with Gasteiger partial charge in [0, 0.05) is 6.42 Å². The number of rotatable bonds is 2. The Balaban J connectivity index is 2.63. The van der Waals surface area contributed by atoms with Crippen LogP contribution in [0.2, 0.25) is 0 Å². The molecule has 0 amide bonds. The van der Waals surface area contributed by atoms with Crippen molar-refractivity contribution in [3.63, 3.8) is 0 Å². The molecule has 1 N–H and O–H groups in total. The van der Waals surface area contributed by atoms with Crippen LogP contribution in [0.25, 0.3) is 0 Å². The molecule has 0 aromatic carbocycles. The lowest BCUT2D eigenvalue weighted by Crippen LogP contribution is -2.32. The summed E-state index contributed by atoms with van der Waals surface area (Å²) in [4.78, 5) is 21.1. The molecular formula is C6H10N2O4. The number of methoxy groups -OCH3 is 1. The summed E-state index contributed by atoms with van der Waals surface area (Å²) in [6, 6.07) is -0.720. The summed E-state index contributed by atoms with van der Waals surface area (Å²) in [7, 11) is 1.23. The number of aliphatic hydroxyl groups is 1. The van der Waals surface area contributed by atoms with Crippen molar-refractivity contribution in [1.29, 1.82) is 0 Å². The molecule has 1 heterocycles. The van der Waals surface area contributed by atoms with Crippen LogP contribution in [0, 0.1) is 4.91 Å². The maximum atomic E-state index is 11.0. The van der Waals surface area contributed by atoms with Gasteiger partial charge in [-0.3, -0.25) is 0 Å². The lowest BCUT2D eigenvalue weighted by molar-refractivity contribution is -0.145. The molecule has 0 spiro atoms. The highest BCUT2D eigenvalue weighted by Gasteiger charge is 2.37. The number of hydrogen-bond acceptors (Lipinski definition) is 5. The van der Waals surface area contributed by atoms with Crippen LogP contribution < -0.4 is 0 Å². The third-order valence-corrected chi connectivity index (χ3v) is 1.83. The van der Waals surface area contributed by atoms with Crippen LogP contribution in [0.5, 0.6) is 0 Å². The zero-order chi connectivity index (χ0) is 9.14. The summed E-state index contributed by atoms with van der Waals surface area (Å²) in [5, 5.41) is 12.7. The molecule has 0 aromatic rings. The third kappa shape index (κ3) is 1.53. The van der Waals surface area contributed by atoms with Gasteiger partial charge in [-0.15, -0.1) is 4.91 Å². The molecule has 0 saturated carbocycles. The van der Waals surface area contributed by atoms with Crippen LogP contribution in [0.15, 0.2) is 5.29 Å². The van der Waals surface area contributed by atoms with Gasteiger partial charge in [-0.1, -0.05) is 0 Å². The first-order valence-corrected chi connectivity index (χ1v) is 3.55. The van der Waals surface area contributed by atoms with Crippen LogP contribution in [-0.4, -0.2) is 41.9 Å². The van der Waals surface area contributed by atoms with Gasteiger partial charge in [0.05, 0.1) is 25.0 Å². The summed E-state index contributed by atoms with van der Waals surface area (Å²) in [5.41, 5.74) is 0. The van der Waals surface area contributed by atoms with Crippen molar-refractivity contribution in [3.8, 4) is 0 Å². The van der Waals surface area contributed by atoms with Crippen molar-refractivity contribution in [2.45, 2.75) is 18.6 Å². The number of ether oxygens (including phenoxy) is 1. The Labute approximate surface area is 69.1 Å². The number of β-amino-alcohol motifs (C(OH)–C–C–N with tert-alkyl or cyclic N) is 1. The van der Waals surface area contributed by atoms with Gasteiger partial charge < -0.3 is 9.84 Å². The van der Waals surface area contributed by atoms with E-state index in [9.17, 15) is 9.70 Å². The molecule has 6 nitrogen and oxygen atoms in total. The fourth-order valence-electron chi connectivity index (χ4n) is 1.24. The highest BCUT2D eigenvalue weighted by atomic mass is 16.5. The third-order valence-electron chi connectivity index (χ3n) is 1.83. The number of carbonyl (C=O) groups is 1. The molecule has 0 aliphatic carbocycles. The van der Waals surface area contributed by atoms with Crippen molar-refractivity contribution in [1.82, 2.24) is 5.01 Å². The number of carbonyl (C=O) groups excluding carboxylic acids is 1. The van der Waals surface area contributed by atoms with Crippen molar-refractivity contribution >= 4 is 5.97 Å².